The van der Waals surface area contributed by atoms with E-state index >= 15 is 0 Å². The molecule has 0 saturated carbocycles. The number of fused-ring (bicyclic) bond motifs is 1. The summed E-state index contributed by atoms with van der Waals surface area (Å²) in [5.74, 6) is -0.486. The van der Waals surface area contributed by atoms with Gasteiger partial charge < -0.3 is 9.73 Å². The minimum absolute atomic E-state index is 0.0237. The average molecular weight is 360 g/mol. The van der Waals surface area contributed by atoms with Crippen LogP contribution in [-0.4, -0.2) is 20.7 Å². The highest BCUT2D eigenvalue weighted by atomic mass is 16.4. The van der Waals surface area contributed by atoms with E-state index in [9.17, 15) is 9.59 Å². The van der Waals surface area contributed by atoms with E-state index in [1.54, 1.807) is 47.5 Å². The van der Waals surface area contributed by atoms with Gasteiger partial charge in [-0.25, -0.2) is 4.79 Å². The van der Waals surface area contributed by atoms with Crippen molar-refractivity contribution in [3.8, 4) is 11.3 Å². The number of carbonyl (C=O) groups is 1. The molecule has 0 aliphatic heterocycles. The SMILES string of the molecule is Cn1nccc1-c1cncc(CNC(=O)c2cc3ccccc3oc2=O)c1. The Kier molecular flexibility index (Phi) is 4.25. The highest BCUT2D eigenvalue weighted by Crippen LogP contribution is 2.18. The van der Waals surface area contributed by atoms with Gasteiger partial charge in [-0.3, -0.25) is 14.5 Å². The lowest BCUT2D eigenvalue weighted by Crippen LogP contribution is -2.27. The van der Waals surface area contributed by atoms with Crippen LogP contribution >= 0.6 is 0 Å². The van der Waals surface area contributed by atoms with Crippen LogP contribution in [-0.2, 0) is 13.6 Å². The number of nitrogens with one attached hydrogen (secondary N) is 1. The van der Waals surface area contributed by atoms with Gasteiger partial charge in [0.15, 0.2) is 0 Å². The van der Waals surface area contributed by atoms with Crippen LogP contribution in [0, 0.1) is 0 Å². The number of pyridine rings is 1. The summed E-state index contributed by atoms with van der Waals surface area (Å²) in [7, 11) is 1.85. The summed E-state index contributed by atoms with van der Waals surface area (Å²) in [6.45, 7) is 0.240. The third kappa shape index (κ3) is 3.35. The topological polar surface area (TPSA) is 90.0 Å². The first-order valence-corrected chi connectivity index (χ1v) is 8.35. The Morgan fingerprint density at radius 1 is 1.19 bits per heavy atom. The summed E-state index contributed by atoms with van der Waals surface area (Å²) < 4.78 is 6.96. The van der Waals surface area contributed by atoms with E-state index in [1.165, 1.54) is 0 Å². The van der Waals surface area contributed by atoms with E-state index in [0.29, 0.717) is 11.0 Å². The van der Waals surface area contributed by atoms with E-state index in [2.05, 4.69) is 15.4 Å². The van der Waals surface area contributed by atoms with Crippen molar-refractivity contribution < 1.29 is 9.21 Å². The smallest absolute Gasteiger partial charge is 0.349 e. The molecular weight excluding hydrogens is 344 g/mol. The van der Waals surface area contributed by atoms with Crippen molar-refractivity contribution >= 4 is 16.9 Å². The van der Waals surface area contributed by atoms with Crippen LogP contribution in [0.15, 0.2) is 70.3 Å². The van der Waals surface area contributed by atoms with E-state index in [4.69, 9.17) is 4.42 Å². The third-order valence-electron chi connectivity index (χ3n) is 4.25. The Hall–Kier alpha value is -3.74. The van der Waals surface area contributed by atoms with E-state index in [1.807, 2.05) is 25.2 Å². The highest BCUT2D eigenvalue weighted by molar-refractivity contribution is 5.96. The van der Waals surface area contributed by atoms with Gasteiger partial charge in [0.1, 0.15) is 11.1 Å². The number of hydrogen-bond donors (Lipinski definition) is 1. The maximum absolute atomic E-state index is 12.4. The summed E-state index contributed by atoms with van der Waals surface area (Å²) in [5, 5.41) is 7.59. The minimum Gasteiger partial charge on any atom is -0.422 e. The molecule has 0 unspecified atom stereocenters. The van der Waals surface area contributed by atoms with Crippen LogP contribution in [0.5, 0.6) is 0 Å². The fraction of sp³-hybridized carbons (Fsp3) is 0.100. The zero-order valence-electron chi connectivity index (χ0n) is 14.5. The van der Waals surface area contributed by atoms with Gasteiger partial charge in [0.05, 0.1) is 5.69 Å². The maximum Gasteiger partial charge on any atom is 0.349 e. The summed E-state index contributed by atoms with van der Waals surface area (Å²) in [4.78, 5) is 28.7. The summed E-state index contributed by atoms with van der Waals surface area (Å²) in [6, 6.07) is 12.4. The Morgan fingerprint density at radius 3 is 2.85 bits per heavy atom. The zero-order valence-corrected chi connectivity index (χ0v) is 14.5. The average Bonchev–Trinajstić information content (AvgIpc) is 3.12. The van der Waals surface area contributed by atoms with Crippen molar-refractivity contribution in [2.75, 3.05) is 0 Å². The fourth-order valence-electron chi connectivity index (χ4n) is 2.88. The number of benzene rings is 1. The van der Waals surface area contributed by atoms with Crippen LogP contribution in [0.2, 0.25) is 0 Å². The molecule has 3 aromatic heterocycles. The molecule has 0 radical (unpaired) electrons. The van der Waals surface area contributed by atoms with Gasteiger partial charge in [-0.05, 0) is 29.8 Å². The molecule has 134 valence electrons. The Morgan fingerprint density at radius 2 is 2.04 bits per heavy atom. The number of hydrogen-bond acceptors (Lipinski definition) is 5. The van der Waals surface area contributed by atoms with Gasteiger partial charge in [-0.15, -0.1) is 0 Å². The number of para-hydroxylation sites is 1. The lowest BCUT2D eigenvalue weighted by molar-refractivity contribution is 0.0947. The normalized spacial score (nSPS) is 10.9. The second-order valence-corrected chi connectivity index (χ2v) is 6.09. The second-order valence-electron chi connectivity index (χ2n) is 6.09. The quantitative estimate of drug-likeness (QED) is 0.565. The third-order valence-corrected chi connectivity index (χ3v) is 4.25. The van der Waals surface area contributed by atoms with Gasteiger partial charge in [-0.1, -0.05) is 18.2 Å². The van der Waals surface area contributed by atoms with Crippen LogP contribution in [0.3, 0.4) is 0 Å². The van der Waals surface area contributed by atoms with Crippen molar-refractivity contribution in [1.29, 1.82) is 0 Å². The first-order valence-electron chi connectivity index (χ1n) is 8.35. The molecule has 0 aliphatic carbocycles. The first-order chi connectivity index (χ1) is 13.1. The number of carbonyl (C=O) groups excluding carboxylic acids is 1. The van der Waals surface area contributed by atoms with Crippen molar-refractivity contribution in [2.24, 2.45) is 7.05 Å². The molecule has 7 heteroatoms. The lowest BCUT2D eigenvalue weighted by Gasteiger charge is -2.07. The molecule has 0 aliphatic rings. The molecule has 0 atom stereocenters. The lowest BCUT2D eigenvalue weighted by atomic mass is 10.1. The molecule has 1 N–H and O–H groups in total. The predicted octanol–water partition coefficient (Wildman–Crippen LogP) is 2.52. The minimum atomic E-state index is -0.659. The number of aryl methyl sites for hydroxylation is 1. The molecule has 4 rings (SSSR count). The van der Waals surface area contributed by atoms with Crippen LogP contribution in [0.25, 0.3) is 22.2 Å². The molecule has 3 heterocycles. The zero-order chi connectivity index (χ0) is 18.8. The number of aromatic nitrogens is 3. The number of amides is 1. The fourth-order valence-corrected chi connectivity index (χ4v) is 2.88. The second kappa shape index (κ2) is 6.87. The molecule has 1 aromatic carbocycles. The molecule has 4 aromatic rings. The molecule has 0 spiro atoms. The Labute approximate surface area is 154 Å². The van der Waals surface area contributed by atoms with Gasteiger partial charge in [0, 0.05) is 43.1 Å². The molecule has 0 bridgehead atoms. The largest absolute Gasteiger partial charge is 0.422 e. The predicted molar refractivity (Wildman–Crippen MR) is 100 cm³/mol. The molecular formula is C20H16N4O3. The number of rotatable bonds is 4. The first kappa shape index (κ1) is 16.7. The summed E-state index contributed by atoms with van der Waals surface area (Å²) in [6.07, 6.45) is 5.12. The van der Waals surface area contributed by atoms with Gasteiger partial charge in [-0.2, -0.15) is 5.10 Å². The molecule has 1 amide bonds. The highest BCUT2D eigenvalue weighted by Gasteiger charge is 2.13. The maximum atomic E-state index is 12.4. The van der Waals surface area contributed by atoms with Crippen molar-refractivity contribution in [3.63, 3.8) is 0 Å². The van der Waals surface area contributed by atoms with Crippen molar-refractivity contribution in [1.82, 2.24) is 20.1 Å². The Bertz CT molecular complexity index is 1190. The molecule has 27 heavy (non-hydrogen) atoms. The standard InChI is InChI=1S/C20H16N4O3/c1-24-17(6-7-23-24)15-8-13(10-21-12-15)11-22-19(25)16-9-14-4-2-3-5-18(14)27-20(16)26/h2-10,12H,11H2,1H3,(H,22,25). The van der Waals surface area contributed by atoms with Crippen LogP contribution < -0.4 is 10.9 Å². The number of nitrogens with zero attached hydrogens (tertiary/aromatic N) is 3. The summed E-state index contributed by atoms with van der Waals surface area (Å²) >= 11 is 0. The van der Waals surface area contributed by atoms with Gasteiger partial charge in [0.25, 0.3) is 5.91 Å². The van der Waals surface area contributed by atoms with E-state index in [-0.39, 0.29) is 12.1 Å². The van der Waals surface area contributed by atoms with E-state index in [0.717, 1.165) is 16.8 Å². The van der Waals surface area contributed by atoms with Crippen molar-refractivity contribution in [3.05, 3.63) is 82.6 Å². The van der Waals surface area contributed by atoms with Gasteiger partial charge >= 0.3 is 5.63 Å². The van der Waals surface area contributed by atoms with Crippen molar-refractivity contribution in [2.45, 2.75) is 6.54 Å². The molecule has 0 fully saturated rings. The summed E-state index contributed by atoms with van der Waals surface area (Å²) in [5.41, 5.74) is 2.40. The molecule has 7 nitrogen and oxygen atoms in total. The van der Waals surface area contributed by atoms with Crippen LogP contribution in [0.1, 0.15) is 15.9 Å². The monoisotopic (exact) mass is 360 g/mol. The molecule has 0 saturated heterocycles. The Balaban J connectivity index is 1.54. The van der Waals surface area contributed by atoms with E-state index < -0.39 is 11.5 Å². The van der Waals surface area contributed by atoms with Crippen LogP contribution in [0.4, 0.5) is 0 Å². The van der Waals surface area contributed by atoms with Gasteiger partial charge in [0.2, 0.25) is 0 Å².